The van der Waals surface area contributed by atoms with Crippen molar-refractivity contribution in [3.8, 4) is 5.75 Å². The molecule has 3 N–H and O–H groups in total. The van der Waals surface area contributed by atoms with Crippen molar-refractivity contribution in [1.82, 2.24) is 0 Å². The maximum absolute atomic E-state index is 10.8. The quantitative estimate of drug-likeness (QED) is 0.802. The molecular formula is C16H15NO3S. The van der Waals surface area contributed by atoms with Crippen LogP contribution in [0.25, 0.3) is 0 Å². The molecular weight excluding hydrogens is 286 g/mol. The molecule has 0 fully saturated rings. The van der Waals surface area contributed by atoms with E-state index in [4.69, 9.17) is 27.8 Å². The molecule has 0 aliphatic carbocycles. The molecule has 108 valence electrons. The van der Waals surface area contributed by atoms with Gasteiger partial charge in [-0.05, 0) is 23.3 Å². The summed E-state index contributed by atoms with van der Waals surface area (Å²) < 4.78 is 5.70. The highest BCUT2D eigenvalue weighted by molar-refractivity contribution is 7.80. The average Bonchev–Trinajstić information content (AvgIpc) is 2.46. The fourth-order valence-corrected chi connectivity index (χ4v) is 2.06. The Labute approximate surface area is 128 Å². The minimum Gasteiger partial charge on any atom is -0.489 e. The SMILES string of the molecule is NC(=S)c1cccc(OCc2ccccc2CC(=O)O)c1. The Morgan fingerprint density at radius 3 is 2.52 bits per heavy atom. The molecule has 0 radical (unpaired) electrons. The number of aliphatic carboxylic acids is 1. The Bertz CT molecular complexity index is 670. The maximum atomic E-state index is 10.8. The van der Waals surface area contributed by atoms with Crippen LogP contribution >= 0.6 is 12.2 Å². The molecule has 0 aliphatic heterocycles. The van der Waals surface area contributed by atoms with E-state index in [-0.39, 0.29) is 6.42 Å². The van der Waals surface area contributed by atoms with Crippen LogP contribution in [0.5, 0.6) is 5.75 Å². The highest BCUT2D eigenvalue weighted by Crippen LogP contribution is 2.17. The lowest BCUT2D eigenvalue weighted by molar-refractivity contribution is -0.136. The largest absolute Gasteiger partial charge is 0.489 e. The molecule has 4 nitrogen and oxygen atoms in total. The predicted octanol–water partition coefficient (Wildman–Crippen LogP) is 2.53. The first kappa shape index (κ1) is 15.0. The molecule has 5 heteroatoms. The van der Waals surface area contributed by atoms with E-state index in [1.165, 1.54) is 0 Å². The first-order valence-corrected chi connectivity index (χ1v) is 6.78. The Hall–Kier alpha value is -2.40. The number of hydrogen-bond acceptors (Lipinski definition) is 3. The minimum atomic E-state index is -0.863. The molecule has 0 saturated heterocycles. The molecule has 0 unspecified atom stereocenters. The summed E-state index contributed by atoms with van der Waals surface area (Å²) >= 11 is 4.92. The molecule has 0 atom stereocenters. The zero-order valence-corrected chi connectivity index (χ0v) is 12.1. The summed E-state index contributed by atoms with van der Waals surface area (Å²) in [6, 6.07) is 14.5. The smallest absolute Gasteiger partial charge is 0.307 e. The molecule has 21 heavy (non-hydrogen) atoms. The van der Waals surface area contributed by atoms with E-state index in [0.717, 1.165) is 16.7 Å². The van der Waals surface area contributed by atoms with Gasteiger partial charge in [-0.2, -0.15) is 0 Å². The van der Waals surface area contributed by atoms with E-state index >= 15 is 0 Å². The van der Waals surface area contributed by atoms with Gasteiger partial charge in [0.1, 0.15) is 17.3 Å². The van der Waals surface area contributed by atoms with Gasteiger partial charge in [-0.1, -0.05) is 48.6 Å². The maximum Gasteiger partial charge on any atom is 0.307 e. The first-order valence-electron chi connectivity index (χ1n) is 6.37. The second kappa shape index (κ2) is 6.85. The van der Waals surface area contributed by atoms with Crippen molar-refractivity contribution >= 4 is 23.2 Å². The van der Waals surface area contributed by atoms with Crippen LogP contribution in [0.4, 0.5) is 0 Å². The van der Waals surface area contributed by atoms with E-state index in [2.05, 4.69) is 0 Å². The molecule has 0 bridgehead atoms. The van der Waals surface area contributed by atoms with Gasteiger partial charge in [0.2, 0.25) is 0 Å². The number of rotatable bonds is 6. The van der Waals surface area contributed by atoms with Gasteiger partial charge in [0.05, 0.1) is 6.42 Å². The third-order valence-electron chi connectivity index (χ3n) is 2.97. The molecule has 0 amide bonds. The molecule has 0 aromatic heterocycles. The lowest BCUT2D eigenvalue weighted by Gasteiger charge is -2.10. The molecule has 2 aromatic carbocycles. The monoisotopic (exact) mass is 301 g/mol. The Morgan fingerprint density at radius 2 is 1.86 bits per heavy atom. The number of ether oxygens (including phenoxy) is 1. The van der Waals surface area contributed by atoms with Crippen molar-refractivity contribution in [3.63, 3.8) is 0 Å². The average molecular weight is 301 g/mol. The standard InChI is InChI=1S/C16H15NO3S/c17-16(21)12-6-3-7-14(8-12)20-10-13-5-2-1-4-11(13)9-15(18)19/h1-8H,9-10H2,(H2,17,21)(H,18,19). The van der Waals surface area contributed by atoms with Crippen molar-refractivity contribution in [1.29, 1.82) is 0 Å². The van der Waals surface area contributed by atoms with Crippen LogP contribution in [-0.4, -0.2) is 16.1 Å². The van der Waals surface area contributed by atoms with Crippen molar-refractivity contribution < 1.29 is 14.6 Å². The Balaban J connectivity index is 2.11. The van der Waals surface area contributed by atoms with E-state index in [1.807, 2.05) is 36.4 Å². The Kier molecular flexibility index (Phi) is 4.90. The topological polar surface area (TPSA) is 72.5 Å². The summed E-state index contributed by atoms with van der Waals surface area (Å²) in [7, 11) is 0. The van der Waals surface area contributed by atoms with Gasteiger partial charge in [-0.15, -0.1) is 0 Å². The Morgan fingerprint density at radius 1 is 1.14 bits per heavy atom. The van der Waals surface area contributed by atoms with Crippen LogP contribution in [0.15, 0.2) is 48.5 Å². The van der Waals surface area contributed by atoms with Crippen LogP contribution < -0.4 is 10.5 Å². The van der Waals surface area contributed by atoms with Crippen molar-refractivity contribution in [2.24, 2.45) is 5.73 Å². The fourth-order valence-electron chi connectivity index (χ4n) is 1.93. The van der Waals surface area contributed by atoms with Gasteiger partial charge in [-0.25, -0.2) is 0 Å². The van der Waals surface area contributed by atoms with Gasteiger partial charge in [0.25, 0.3) is 0 Å². The third kappa shape index (κ3) is 4.29. The van der Waals surface area contributed by atoms with Crippen molar-refractivity contribution in [2.75, 3.05) is 0 Å². The third-order valence-corrected chi connectivity index (χ3v) is 3.21. The van der Waals surface area contributed by atoms with Crippen LogP contribution in [0, 0.1) is 0 Å². The zero-order valence-electron chi connectivity index (χ0n) is 11.3. The molecule has 0 aliphatic rings. The summed E-state index contributed by atoms with van der Waals surface area (Å²) in [5.74, 6) is -0.219. The second-order valence-electron chi connectivity index (χ2n) is 4.52. The fraction of sp³-hybridized carbons (Fsp3) is 0.125. The van der Waals surface area contributed by atoms with Crippen LogP contribution in [0.1, 0.15) is 16.7 Å². The van der Waals surface area contributed by atoms with Crippen LogP contribution in [0.2, 0.25) is 0 Å². The number of nitrogens with two attached hydrogens (primary N) is 1. The number of benzene rings is 2. The van der Waals surface area contributed by atoms with Gasteiger partial charge in [0.15, 0.2) is 0 Å². The summed E-state index contributed by atoms with van der Waals surface area (Å²) in [6.07, 6.45) is -0.0214. The number of carbonyl (C=O) groups is 1. The van der Waals surface area contributed by atoms with Gasteiger partial charge < -0.3 is 15.6 Å². The molecule has 2 aromatic rings. The molecule has 0 spiro atoms. The second-order valence-corrected chi connectivity index (χ2v) is 4.96. The highest BCUT2D eigenvalue weighted by Gasteiger charge is 2.07. The van der Waals surface area contributed by atoms with Crippen LogP contribution in [0.3, 0.4) is 0 Å². The number of hydrogen-bond donors (Lipinski definition) is 2. The van der Waals surface area contributed by atoms with E-state index in [9.17, 15) is 4.79 Å². The summed E-state index contributed by atoms with van der Waals surface area (Å²) in [6.45, 7) is 0.296. The van der Waals surface area contributed by atoms with Gasteiger partial charge in [0, 0.05) is 5.56 Å². The van der Waals surface area contributed by atoms with Crippen LogP contribution in [-0.2, 0) is 17.8 Å². The molecule has 2 rings (SSSR count). The molecule has 0 saturated carbocycles. The predicted molar refractivity (Wildman–Crippen MR) is 84.4 cm³/mol. The number of thiocarbonyl (C=S) groups is 1. The summed E-state index contributed by atoms with van der Waals surface area (Å²) in [5, 5.41) is 8.91. The van der Waals surface area contributed by atoms with Crippen molar-refractivity contribution in [2.45, 2.75) is 13.0 Å². The minimum absolute atomic E-state index is 0.0214. The highest BCUT2D eigenvalue weighted by atomic mass is 32.1. The molecule has 0 heterocycles. The summed E-state index contributed by atoms with van der Waals surface area (Å²) in [5.41, 5.74) is 7.91. The normalized spacial score (nSPS) is 10.1. The van der Waals surface area contributed by atoms with Gasteiger partial charge in [-0.3, -0.25) is 4.79 Å². The summed E-state index contributed by atoms with van der Waals surface area (Å²) in [4.78, 5) is 11.2. The lowest BCUT2D eigenvalue weighted by atomic mass is 10.1. The van der Waals surface area contributed by atoms with Crippen molar-refractivity contribution in [3.05, 3.63) is 65.2 Å². The number of carboxylic acids is 1. The van der Waals surface area contributed by atoms with E-state index in [0.29, 0.717) is 17.3 Å². The zero-order chi connectivity index (χ0) is 15.2. The van der Waals surface area contributed by atoms with E-state index < -0.39 is 5.97 Å². The first-order chi connectivity index (χ1) is 10.1. The number of carboxylic acid groups (broad SMARTS) is 1. The lowest BCUT2D eigenvalue weighted by Crippen LogP contribution is -2.09. The van der Waals surface area contributed by atoms with E-state index in [1.54, 1.807) is 12.1 Å². The van der Waals surface area contributed by atoms with Gasteiger partial charge >= 0.3 is 5.97 Å².